The average molecular weight is 448 g/mol. The Kier molecular flexibility index (Phi) is 6.96. The number of benzene rings is 1. The van der Waals surface area contributed by atoms with Crippen LogP contribution in [-0.2, 0) is 25.8 Å². The summed E-state index contributed by atoms with van der Waals surface area (Å²) in [6.45, 7) is 2.88. The van der Waals surface area contributed by atoms with Gasteiger partial charge in [0.05, 0.1) is 29.9 Å². The Bertz CT molecular complexity index is 883. The number of sulfone groups is 1. The number of piperidine rings is 2. The van der Waals surface area contributed by atoms with E-state index < -0.39 is 9.84 Å². The van der Waals surface area contributed by atoms with Crippen LogP contribution in [0.25, 0.3) is 0 Å². The number of nitrogens with one attached hydrogen (secondary N) is 1. The zero-order valence-corrected chi connectivity index (χ0v) is 18.9. The van der Waals surface area contributed by atoms with E-state index in [1.165, 1.54) is 6.42 Å². The van der Waals surface area contributed by atoms with Crippen molar-refractivity contribution in [2.75, 3.05) is 37.7 Å². The van der Waals surface area contributed by atoms with Crippen molar-refractivity contribution in [2.24, 2.45) is 5.92 Å². The topological polar surface area (TPSA) is 86.8 Å². The quantitative estimate of drug-likeness (QED) is 0.734. The van der Waals surface area contributed by atoms with Gasteiger partial charge in [-0.3, -0.25) is 14.5 Å². The minimum Gasteiger partial charge on any atom is -0.350 e. The van der Waals surface area contributed by atoms with Gasteiger partial charge in [-0.2, -0.15) is 0 Å². The van der Waals surface area contributed by atoms with Crippen molar-refractivity contribution in [3.63, 3.8) is 0 Å². The molecular weight excluding hydrogens is 414 g/mol. The van der Waals surface area contributed by atoms with Gasteiger partial charge in [0.2, 0.25) is 11.8 Å². The first-order valence-corrected chi connectivity index (χ1v) is 13.3. The number of hydrogen-bond donors (Lipinski definition) is 1. The molecule has 3 heterocycles. The Morgan fingerprint density at radius 3 is 2.45 bits per heavy atom. The molecule has 1 N–H and O–H groups in total. The predicted octanol–water partition coefficient (Wildman–Crippen LogP) is 1.24. The van der Waals surface area contributed by atoms with Gasteiger partial charge in [-0.05, 0) is 44.3 Å². The lowest BCUT2D eigenvalue weighted by atomic mass is 9.95. The van der Waals surface area contributed by atoms with Crippen LogP contribution in [0.2, 0.25) is 0 Å². The number of amides is 2. The van der Waals surface area contributed by atoms with E-state index in [2.05, 4.69) is 10.2 Å². The summed E-state index contributed by atoms with van der Waals surface area (Å²) in [7, 11) is -3.15. The first-order valence-electron chi connectivity index (χ1n) is 11.5. The molecule has 7 nitrogen and oxygen atoms in total. The molecule has 3 aliphatic rings. The highest BCUT2D eigenvalue weighted by Gasteiger charge is 2.42. The summed E-state index contributed by atoms with van der Waals surface area (Å²) in [5.74, 6) is -0.202. The Morgan fingerprint density at radius 1 is 0.968 bits per heavy atom. The number of likely N-dealkylation sites (tertiary alicyclic amines) is 2. The first-order chi connectivity index (χ1) is 14.9. The minimum absolute atomic E-state index is 0.0171. The first kappa shape index (κ1) is 22.3. The molecule has 3 aliphatic heterocycles. The summed E-state index contributed by atoms with van der Waals surface area (Å²) in [5.41, 5.74) is 0.972. The monoisotopic (exact) mass is 447 g/mol. The van der Waals surface area contributed by atoms with E-state index in [0.29, 0.717) is 19.5 Å². The molecule has 0 unspecified atom stereocenters. The SMILES string of the molecule is O=C(N[C@@H]1CS(=O)(=O)C[C@@H]1N1CCCCC1)[C@H]1CCCN(C(=O)Cc2ccccc2)C1. The third-order valence-electron chi connectivity index (χ3n) is 6.85. The van der Waals surface area contributed by atoms with Crippen molar-refractivity contribution in [3.8, 4) is 0 Å². The maximum Gasteiger partial charge on any atom is 0.227 e. The number of rotatable bonds is 5. The van der Waals surface area contributed by atoms with Gasteiger partial charge in [-0.25, -0.2) is 8.42 Å². The molecule has 3 fully saturated rings. The average Bonchev–Trinajstić information content (AvgIpc) is 3.09. The van der Waals surface area contributed by atoms with Crippen molar-refractivity contribution in [3.05, 3.63) is 35.9 Å². The molecule has 1 aromatic rings. The normalized spacial score (nSPS) is 28.9. The number of carbonyl (C=O) groups is 2. The molecule has 0 aromatic heterocycles. The van der Waals surface area contributed by atoms with E-state index in [0.717, 1.165) is 44.3 Å². The van der Waals surface area contributed by atoms with Crippen molar-refractivity contribution >= 4 is 21.7 Å². The van der Waals surface area contributed by atoms with Gasteiger partial charge >= 0.3 is 0 Å². The van der Waals surface area contributed by atoms with Crippen molar-refractivity contribution in [1.82, 2.24) is 15.1 Å². The summed E-state index contributed by atoms with van der Waals surface area (Å²) in [6.07, 6.45) is 5.21. The van der Waals surface area contributed by atoms with E-state index in [4.69, 9.17) is 0 Å². The Labute approximate surface area is 185 Å². The fraction of sp³-hybridized carbons (Fsp3) is 0.652. The lowest BCUT2D eigenvalue weighted by Gasteiger charge is -2.36. The van der Waals surface area contributed by atoms with Gasteiger partial charge in [-0.1, -0.05) is 36.8 Å². The van der Waals surface area contributed by atoms with E-state index >= 15 is 0 Å². The van der Waals surface area contributed by atoms with E-state index in [-0.39, 0.29) is 41.3 Å². The van der Waals surface area contributed by atoms with Crippen molar-refractivity contribution in [2.45, 2.75) is 50.6 Å². The minimum atomic E-state index is -3.15. The largest absolute Gasteiger partial charge is 0.350 e. The zero-order chi connectivity index (χ0) is 21.8. The van der Waals surface area contributed by atoms with E-state index in [9.17, 15) is 18.0 Å². The standard InChI is InChI=1S/C23H33N3O4S/c27-22(14-18-8-3-1-4-9-18)26-13-7-10-19(15-26)23(28)24-20-16-31(29,30)17-21(20)25-11-5-2-6-12-25/h1,3-4,8-9,19-21H,2,5-7,10-17H2,(H,24,28)/t19-,20+,21-/m0/s1. The van der Waals surface area contributed by atoms with Crippen LogP contribution in [0.1, 0.15) is 37.7 Å². The van der Waals surface area contributed by atoms with Crippen LogP contribution < -0.4 is 5.32 Å². The van der Waals surface area contributed by atoms with Crippen molar-refractivity contribution in [1.29, 1.82) is 0 Å². The smallest absolute Gasteiger partial charge is 0.227 e. The Hall–Kier alpha value is -1.93. The highest BCUT2D eigenvalue weighted by atomic mass is 32.2. The van der Waals surface area contributed by atoms with E-state index in [1.807, 2.05) is 30.3 Å². The second kappa shape index (κ2) is 9.69. The molecule has 0 radical (unpaired) electrons. The Balaban J connectivity index is 1.36. The third-order valence-corrected chi connectivity index (χ3v) is 8.57. The predicted molar refractivity (Wildman–Crippen MR) is 119 cm³/mol. The lowest BCUT2D eigenvalue weighted by molar-refractivity contribution is -0.135. The van der Waals surface area contributed by atoms with E-state index in [1.54, 1.807) is 4.90 Å². The molecule has 3 atom stereocenters. The maximum absolute atomic E-state index is 13.1. The molecule has 2 amide bonds. The molecule has 0 saturated carbocycles. The van der Waals surface area contributed by atoms with Crippen LogP contribution in [0.4, 0.5) is 0 Å². The third kappa shape index (κ3) is 5.66. The molecule has 0 aliphatic carbocycles. The van der Waals surface area contributed by atoms with Gasteiger partial charge in [-0.15, -0.1) is 0 Å². The zero-order valence-electron chi connectivity index (χ0n) is 18.0. The molecule has 0 spiro atoms. The van der Waals surface area contributed by atoms with Crippen LogP contribution in [0.3, 0.4) is 0 Å². The summed E-state index contributed by atoms with van der Waals surface area (Å²) in [4.78, 5) is 29.8. The number of nitrogens with zero attached hydrogens (tertiary/aromatic N) is 2. The summed E-state index contributed by atoms with van der Waals surface area (Å²) >= 11 is 0. The fourth-order valence-electron chi connectivity index (χ4n) is 5.18. The molecule has 3 saturated heterocycles. The molecule has 8 heteroatoms. The molecular formula is C23H33N3O4S. The Morgan fingerprint density at radius 2 is 1.71 bits per heavy atom. The van der Waals surface area contributed by atoms with Crippen LogP contribution in [0.15, 0.2) is 30.3 Å². The van der Waals surface area contributed by atoms with Gasteiger partial charge in [0.15, 0.2) is 9.84 Å². The highest BCUT2D eigenvalue weighted by Crippen LogP contribution is 2.24. The van der Waals surface area contributed by atoms with Gasteiger partial charge in [0.1, 0.15) is 0 Å². The molecule has 170 valence electrons. The number of hydrogen-bond acceptors (Lipinski definition) is 5. The van der Waals surface area contributed by atoms with Crippen LogP contribution >= 0.6 is 0 Å². The fourth-order valence-corrected chi connectivity index (χ4v) is 7.13. The molecule has 1 aromatic carbocycles. The summed E-state index contributed by atoms with van der Waals surface area (Å²) in [5, 5.41) is 3.06. The highest BCUT2D eigenvalue weighted by molar-refractivity contribution is 7.91. The van der Waals surface area contributed by atoms with Gasteiger partial charge < -0.3 is 10.2 Å². The van der Waals surface area contributed by atoms with Crippen molar-refractivity contribution < 1.29 is 18.0 Å². The second-order valence-electron chi connectivity index (χ2n) is 9.20. The van der Waals surface area contributed by atoms with Gasteiger partial charge in [0, 0.05) is 19.1 Å². The lowest BCUT2D eigenvalue weighted by Crippen LogP contribution is -2.55. The molecule has 0 bridgehead atoms. The number of carbonyl (C=O) groups excluding carboxylic acids is 2. The van der Waals surface area contributed by atoms with Gasteiger partial charge in [0.25, 0.3) is 0 Å². The molecule has 4 rings (SSSR count). The van der Waals surface area contributed by atoms with Crippen LogP contribution in [-0.4, -0.2) is 79.8 Å². The summed E-state index contributed by atoms with van der Waals surface area (Å²) in [6, 6.07) is 9.16. The van der Waals surface area contributed by atoms with Crippen LogP contribution in [0.5, 0.6) is 0 Å². The molecule has 31 heavy (non-hydrogen) atoms. The second-order valence-corrected chi connectivity index (χ2v) is 11.4. The maximum atomic E-state index is 13.1. The summed E-state index contributed by atoms with van der Waals surface area (Å²) < 4.78 is 24.7. The van der Waals surface area contributed by atoms with Crippen LogP contribution in [0, 0.1) is 5.92 Å².